The first-order valence-electron chi connectivity index (χ1n) is 19.8. The van der Waals surface area contributed by atoms with E-state index in [4.69, 9.17) is 9.47 Å². The van der Waals surface area contributed by atoms with Crippen LogP contribution in [0.25, 0.3) is 11.4 Å². The highest BCUT2D eigenvalue weighted by molar-refractivity contribution is 5.92. The second-order valence-electron chi connectivity index (χ2n) is 14.5. The molecule has 2 aromatic heterocycles. The normalized spacial score (nSPS) is 16.6. The molecule has 1 N–H and O–H groups in total. The molecule has 1 amide bonds. The Hall–Kier alpha value is -6.73. The van der Waals surface area contributed by atoms with Crippen molar-refractivity contribution in [3.8, 4) is 11.4 Å². The lowest BCUT2D eigenvalue weighted by Gasteiger charge is -2.42. The van der Waals surface area contributed by atoms with Crippen LogP contribution in [-0.4, -0.2) is 108 Å². The molecule has 0 saturated carbocycles. The summed E-state index contributed by atoms with van der Waals surface area (Å²) in [5, 5.41) is 12.5. The van der Waals surface area contributed by atoms with Crippen LogP contribution in [-0.2, 0) is 23.9 Å². The molecule has 2 atom stereocenters. The zero-order valence-corrected chi connectivity index (χ0v) is 33.8. The van der Waals surface area contributed by atoms with Gasteiger partial charge in [0.2, 0.25) is 5.91 Å². The van der Waals surface area contributed by atoms with Crippen molar-refractivity contribution < 1.29 is 23.9 Å². The predicted octanol–water partition coefficient (Wildman–Crippen LogP) is 5.33. The van der Waals surface area contributed by atoms with Crippen LogP contribution >= 0.6 is 0 Å². The zero-order valence-electron chi connectivity index (χ0n) is 33.8. The summed E-state index contributed by atoms with van der Waals surface area (Å²) in [5.74, 6) is 0.595. The maximum Gasteiger partial charge on any atom is 0.330 e. The van der Waals surface area contributed by atoms with E-state index in [-0.39, 0.29) is 17.9 Å². The SMILES string of the molecule is COC(=O)[C@@H]1CN(c2cc(C)nn2-c2ccccc2)CCN1.COC(=O)[C@@H]1CN(c2cc(C)nn2-c2ccccc2)CCN1C(=O)C(c1ccccc1)c1ccccc1. The number of piperazine rings is 2. The van der Waals surface area contributed by atoms with Crippen molar-refractivity contribution in [1.82, 2.24) is 29.8 Å². The standard InChI is InChI=1S/C30H30N4O3.C16H20N4O2/c1-22-20-27(34(31-22)25-16-10-5-11-17-25)32-18-19-33(26(21-32)30(36)37-2)29(35)28(23-12-6-3-7-13-23)24-14-8-4-9-15-24;1-12-10-15(20(18-12)13-6-4-3-5-7-13)19-9-8-17-14(11-19)16(21)22-2/h3-17,20,26,28H,18-19,21H2,1-2H3;3-7,10,14,17H,8-9,11H2,1-2H3/t26-;14-/m00/s1. The highest BCUT2D eigenvalue weighted by atomic mass is 16.5. The van der Waals surface area contributed by atoms with E-state index < -0.39 is 17.9 Å². The molecule has 0 bridgehead atoms. The number of esters is 2. The number of aromatic nitrogens is 4. The molecule has 13 heteroatoms. The monoisotopic (exact) mass is 794 g/mol. The molecule has 0 unspecified atom stereocenters. The van der Waals surface area contributed by atoms with E-state index in [1.807, 2.05) is 157 Å². The van der Waals surface area contributed by atoms with Crippen molar-refractivity contribution in [3.05, 3.63) is 156 Å². The van der Waals surface area contributed by atoms with Crippen molar-refractivity contribution in [1.29, 1.82) is 0 Å². The van der Waals surface area contributed by atoms with E-state index in [2.05, 4.69) is 25.3 Å². The van der Waals surface area contributed by atoms with Gasteiger partial charge in [0.05, 0.1) is 49.4 Å². The Morgan fingerprint density at radius 1 is 0.610 bits per heavy atom. The number of carbonyl (C=O) groups is 3. The van der Waals surface area contributed by atoms with Crippen LogP contribution in [0.4, 0.5) is 11.6 Å². The number of nitrogens with one attached hydrogen (secondary N) is 1. The van der Waals surface area contributed by atoms with Gasteiger partial charge in [-0.25, -0.2) is 14.2 Å². The number of aryl methyl sites for hydroxylation is 2. The number of methoxy groups -OCH3 is 2. The predicted molar refractivity (Wildman–Crippen MR) is 227 cm³/mol. The number of amides is 1. The van der Waals surface area contributed by atoms with E-state index >= 15 is 0 Å². The van der Waals surface area contributed by atoms with Gasteiger partial charge in [-0.1, -0.05) is 97.1 Å². The van der Waals surface area contributed by atoms with E-state index in [1.54, 1.807) is 4.90 Å². The smallest absolute Gasteiger partial charge is 0.330 e. The summed E-state index contributed by atoms with van der Waals surface area (Å²) in [6, 6.07) is 42.3. The van der Waals surface area contributed by atoms with Crippen molar-refractivity contribution in [2.75, 3.05) is 63.3 Å². The van der Waals surface area contributed by atoms with Crippen LogP contribution in [0.5, 0.6) is 0 Å². The first kappa shape index (κ1) is 40.5. The van der Waals surface area contributed by atoms with Crippen molar-refractivity contribution in [2.45, 2.75) is 31.8 Å². The molecule has 6 aromatic rings. The van der Waals surface area contributed by atoms with Gasteiger partial charge in [-0.2, -0.15) is 10.2 Å². The number of nitrogens with zero attached hydrogens (tertiary/aromatic N) is 7. The van der Waals surface area contributed by atoms with Crippen molar-refractivity contribution in [2.24, 2.45) is 0 Å². The van der Waals surface area contributed by atoms with E-state index in [9.17, 15) is 14.4 Å². The van der Waals surface area contributed by atoms with Gasteiger partial charge in [0.1, 0.15) is 23.7 Å². The number of para-hydroxylation sites is 2. The van der Waals surface area contributed by atoms with Gasteiger partial charge in [0.25, 0.3) is 0 Å². The average Bonchev–Trinajstić information content (AvgIpc) is 3.89. The Labute approximate surface area is 344 Å². The summed E-state index contributed by atoms with van der Waals surface area (Å²) >= 11 is 0. The first-order valence-corrected chi connectivity index (χ1v) is 19.8. The third kappa shape index (κ3) is 9.21. The number of benzene rings is 4. The van der Waals surface area contributed by atoms with Gasteiger partial charge in [-0.05, 0) is 49.2 Å². The molecule has 0 spiro atoms. The minimum Gasteiger partial charge on any atom is -0.468 e. The van der Waals surface area contributed by atoms with Crippen LogP contribution < -0.4 is 15.1 Å². The Morgan fingerprint density at radius 2 is 1.07 bits per heavy atom. The number of anilines is 2. The molecule has 0 radical (unpaired) electrons. The van der Waals surface area contributed by atoms with Gasteiger partial charge >= 0.3 is 11.9 Å². The van der Waals surface area contributed by atoms with Gasteiger partial charge in [-0.15, -0.1) is 0 Å². The number of rotatable bonds is 9. The Bertz CT molecular complexity index is 2280. The van der Waals surface area contributed by atoms with E-state index in [0.717, 1.165) is 58.6 Å². The summed E-state index contributed by atoms with van der Waals surface area (Å²) in [6.07, 6.45) is 0. The maximum absolute atomic E-state index is 14.1. The number of carbonyl (C=O) groups excluding carboxylic acids is 3. The van der Waals surface area contributed by atoms with Gasteiger partial charge in [0, 0.05) is 44.9 Å². The van der Waals surface area contributed by atoms with Crippen molar-refractivity contribution in [3.63, 3.8) is 0 Å². The second-order valence-corrected chi connectivity index (χ2v) is 14.5. The lowest BCUT2D eigenvalue weighted by Crippen LogP contribution is -2.59. The zero-order chi connectivity index (χ0) is 41.3. The first-order chi connectivity index (χ1) is 28.7. The fourth-order valence-corrected chi connectivity index (χ4v) is 7.73. The summed E-state index contributed by atoms with van der Waals surface area (Å²) in [6.45, 7) is 7.32. The Morgan fingerprint density at radius 3 is 1.54 bits per heavy atom. The fourth-order valence-electron chi connectivity index (χ4n) is 7.73. The summed E-state index contributed by atoms with van der Waals surface area (Å²) in [5.41, 5.74) is 5.56. The number of hydrogen-bond donors (Lipinski definition) is 1. The molecule has 8 rings (SSSR count). The lowest BCUT2D eigenvalue weighted by molar-refractivity contribution is -0.153. The lowest BCUT2D eigenvalue weighted by atomic mass is 9.89. The molecule has 2 fully saturated rings. The van der Waals surface area contributed by atoms with E-state index in [0.29, 0.717) is 26.2 Å². The highest BCUT2D eigenvalue weighted by Gasteiger charge is 2.40. The van der Waals surface area contributed by atoms with Gasteiger partial charge in [-0.3, -0.25) is 9.59 Å². The number of ether oxygens (including phenoxy) is 2. The molecule has 2 aliphatic rings. The Kier molecular flexibility index (Phi) is 12.8. The van der Waals surface area contributed by atoms with Crippen LogP contribution in [0.2, 0.25) is 0 Å². The summed E-state index contributed by atoms with van der Waals surface area (Å²) < 4.78 is 13.8. The topological polar surface area (TPSA) is 127 Å². The molecule has 0 aliphatic carbocycles. The molecule has 2 aliphatic heterocycles. The minimum absolute atomic E-state index is 0.111. The van der Waals surface area contributed by atoms with Gasteiger partial charge in [0.15, 0.2) is 0 Å². The molecule has 4 aromatic carbocycles. The van der Waals surface area contributed by atoms with Crippen LogP contribution in [0.3, 0.4) is 0 Å². The third-order valence-corrected chi connectivity index (χ3v) is 10.6. The largest absolute Gasteiger partial charge is 0.468 e. The molecule has 59 heavy (non-hydrogen) atoms. The number of hydrogen-bond acceptors (Lipinski definition) is 10. The van der Waals surface area contributed by atoms with Crippen LogP contribution in [0, 0.1) is 13.8 Å². The van der Waals surface area contributed by atoms with Crippen molar-refractivity contribution >= 4 is 29.5 Å². The van der Waals surface area contributed by atoms with Crippen LogP contribution in [0.15, 0.2) is 133 Å². The summed E-state index contributed by atoms with van der Waals surface area (Å²) in [4.78, 5) is 44.9. The highest BCUT2D eigenvalue weighted by Crippen LogP contribution is 2.31. The fraction of sp³-hybridized carbons (Fsp3) is 0.283. The second kappa shape index (κ2) is 18.7. The molecule has 304 valence electrons. The molecule has 4 heterocycles. The molecular weight excluding hydrogens is 745 g/mol. The average molecular weight is 795 g/mol. The molecular formula is C46H50N8O5. The van der Waals surface area contributed by atoms with E-state index in [1.165, 1.54) is 14.2 Å². The van der Waals surface area contributed by atoms with Gasteiger partial charge < -0.3 is 29.5 Å². The summed E-state index contributed by atoms with van der Waals surface area (Å²) in [7, 11) is 2.79. The minimum atomic E-state index is -0.749. The maximum atomic E-state index is 14.1. The quantitative estimate of drug-likeness (QED) is 0.192. The van der Waals surface area contributed by atoms with Crippen LogP contribution in [0.1, 0.15) is 28.4 Å². The Balaban J connectivity index is 0.000000204. The molecule has 2 saturated heterocycles. The molecule has 13 nitrogen and oxygen atoms in total. The third-order valence-electron chi connectivity index (χ3n) is 10.6.